The van der Waals surface area contributed by atoms with Gasteiger partial charge in [-0.15, -0.1) is 5.10 Å². The number of tetrazole rings is 1. The average molecular weight is 358 g/mol. The van der Waals surface area contributed by atoms with Gasteiger partial charge in [-0.3, -0.25) is 4.79 Å². The second kappa shape index (κ2) is 6.25. The van der Waals surface area contributed by atoms with Gasteiger partial charge in [-0.1, -0.05) is 23.7 Å². The standard InChI is InChI=1S/C17H13ClFN5O/c18-15-9-11(19)4-7-14(15)17(25)20-12-3-1-2-10(8-12)16-21-22-23-24(16)13-5-6-13/h1-4,7-9,13H,5-6H2,(H,20,25). The lowest BCUT2D eigenvalue weighted by Crippen LogP contribution is -2.12. The number of anilines is 1. The van der Waals surface area contributed by atoms with Gasteiger partial charge in [-0.2, -0.15) is 0 Å². The van der Waals surface area contributed by atoms with Crippen LogP contribution in [-0.4, -0.2) is 26.1 Å². The van der Waals surface area contributed by atoms with Crippen LogP contribution >= 0.6 is 11.6 Å². The van der Waals surface area contributed by atoms with Crippen LogP contribution in [0.3, 0.4) is 0 Å². The topological polar surface area (TPSA) is 72.7 Å². The monoisotopic (exact) mass is 357 g/mol. The molecule has 1 N–H and O–H groups in total. The molecule has 1 amide bonds. The van der Waals surface area contributed by atoms with Gasteiger partial charge >= 0.3 is 0 Å². The van der Waals surface area contributed by atoms with E-state index in [2.05, 4.69) is 20.8 Å². The van der Waals surface area contributed by atoms with Crippen molar-refractivity contribution in [1.29, 1.82) is 0 Å². The molecule has 1 fully saturated rings. The Morgan fingerprint density at radius 1 is 1.24 bits per heavy atom. The van der Waals surface area contributed by atoms with Gasteiger partial charge in [-0.05, 0) is 53.6 Å². The average Bonchev–Trinajstić information content (AvgIpc) is 3.31. The molecule has 0 unspecified atom stereocenters. The number of amides is 1. The number of carbonyl (C=O) groups excluding carboxylic acids is 1. The Balaban J connectivity index is 1.59. The van der Waals surface area contributed by atoms with E-state index in [-0.39, 0.29) is 10.6 Å². The summed E-state index contributed by atoms with van der Waals surface area (Å²) < 4.78 is 14.9. The first kappa shape index (κ1) is 15.7. The van der Waals surface area contributed by atoms with Crippen LogP contribution in [0.4, 0.5) is 10.1 Å². The summed E-state index contributed by atoms with van der Waals surface area (Å²) in [5, 5.41) is 14.7. The van der Waals surface area contributed by atoms with Crippen LogP contribution in [0.15, 0.2) is 42.5 Å². The minimum Gasteiger partial charge on any atom is -0.322 e. The minimum absolute atomic E-state index is 0.0614. The maximum atomic E-state index is 13.1. The Hall–Kier alpha value is -2.80. The van der Waals surface area contributed by atoms with Gasteiger partial charge < -0.3 is 5.32 Å². The molecule has 1 aliphatic rings. The molecule has 8 heteroatoms. The number of carbonyl (C=O) groups is 1. The quantitative estimate of drug-likeness (QED) is 0.772. The molecule has 0 bridgehead atoms. The third kappa shape index (κ3) is 3.23. The van der Waals surface area contributed by atoms with Gasteiger partial charge in [0, 0.05) is 11.3 Å². The lowest BCUT2D eigenvalue weighted by atomic mass is 10.1. The Bertz CT molecular complexity index is 954. The van der Waals surface area contributed by atoms with Crippen LogP contribution in [0.2, 0.25) is 5.02 Å². The molecule has 126 valence electrons. The first-order valence-corrected chi connectivity index (χ1v) is 8.14. The Morgan fingerprint density at radius 2 is 2.08 bits per heavy atom. The van der Waals surface area contributed by atoms with Gasteiger partial charge in [-0.25, -0.2) is 9.07 Å². The summed E-state index contributed by atoms with van der Waals surface area (Å²) in [5.74, 6) is -0.238. The number of aromatic nitrogens is 4. The maximum Gasteiger partial charge on any atom is 0.257 e. The summed E-state index contributed by atoms with van der Waals surface area (Å²) in [6, 6.07) is 11.2. The normalized spacial score (nSPS) is 13.7. The zero-order valence-corrected chi connectivity index (χ0v) is 13.7. The molecule has 2 aromatic carbocycles. The predicted octanol–water partition coefficient (Wildman–Crippen LogP) is 3.72. The van der Waals surface area contributed by atoms with E-state index in [4.69, 9.17) is 11.6 Å². The van der Waals surface area contributed by atoms with Crippen molar-refractivity contribution in [3.63, 3.8) is 0 Å². The van der Waals surface area contributed by atoms with Crippen molar-refractivity contribution in [3.05, 3.63) is 58.9 Å². The third-order valence-corrected chi connectivity index (χ3v) is 4.25. The number of rotatable bonds is 4. The zero-order chi connectivity index (χ0) is 17.4. The number of halogens is 2. The van der Waals surface area contributed by atoms with E-state index in [1.807, 2.05) is 12.1 Å². The minimum atomic E-state index is -0.490. The van der Waals surface area contributed by atoms with E-state index < -0.39 is 11.7 Å². The fourth-order valence-electron chi connectivity index (χ4n) is 2.56. The highest BCUT2D eigenvalue weighted by molar-refractivity contribution is 6.34. The highest BCUT2D eigenvalue weighted by atomic mass is 35.5. The van der Waals surface area contributed by atoms with Crippen LogP contribution < -0.4 is 5.32 Å². The molecule has 0 aliphatic heterocycles. The lowest BCUT2D eigenvalue weighted by molar-refractivity contribution is 0.102. The fraction of sp³-hybridized carbons (Fsp3) is 0.176. The van der Waals surface area contributed by atoms with Crippen molar-refractivity contribution in [2.45, 2.75) is 18.9 Å². The van der Waals surface area contributed by atoms with E-state index in [1.165, 1.54) is 12.1 Å². The van der Waals surface area contributed by atoms with Crippen LogP contribution in [0.1, 0.15) is 29.2 Å². The van der Waals surface area contributed by atoms with E-state index in [1.54, 1.807) is 16.8 Å². The third-order valence-electron chi connectivity index (χ3n) is 3.94. The van der Waals surface area contributed by atoms with Gasteiger partial charge in [0.15, 0.2) is 5.82 Å². The van der Waals surface area contributed by atoms with E-state index in [9.17, 15) is 9.18 Å². The number of hydrogen-bond donors (Lipinski definition) is 1. The Morgan fingerprint density at radius 3 is 2.84 bits per heavy atom. The first-order chi connectivity index (χ1) is 12.1. The van der Waals surface area contributed by atoms with Crippen molar-refractivity contribution in [2.24, 2.45) is 0 Å². The molecule has 4 rings (SSSR count). The van der Waals surface area contributed by atoms with Crippen molar-refractivity contribution >= 4 is 23.2 Å². The van der Waals surface area contributed by atoms with Crippen LogP contribution in [0.25, 0.3) is 11.4 Å². The highest BCUT2D eigenvalue weighted by Crippen LogP contribution is 2.36. The molecule has 1 saturated carbocycles. The molecule has 1 heterocycles. The lowest BCUT2D eigenvalue weighted by Gasteiger charge is -2.09. The summed E-state index contributed by atoms with van der Waals surface area (Å²) in [4.78, 5) is 12.4. The molecule has 0 spiro atoms. The second-order valence-electron chi connectivity index (χ2n) is 5.84. The summed E-state index contributed by atoms with van der Waals surface area (Å²) in [6.07, 6.45) is 2.13. The SMILES string of the molecule is O=C(Nc1cccc(-c2nnnn2C2CC2)c1)c1ccc(F)cc1Cl. The number of nitrogens with one attached hydrogen (secondary N) is 1. The summed E-state index contributed by atoms with van der Waals surface area (Å²) in [7, 11) is 0. The van der Waals surface area contributed by atoms with E-state index in [0.29, 0.717) is 17.6 Å². The largest absolute Gasteiger partial charge is 0.322 e. The van der Waals surface area contributed by atoms with Crippen molar-refractivity contribution in [2.75, 3.05) is 5.32 Å². The van der Waals surface area contributed by atoms with Gasteiger partial charge in [0.1, 0.15) is 5.82 Å². The molecule has 25 heavy (non-hydrogen) atoms. The molecular formula is C17H13ClFN5O. The number of benzene rings is 2. The van der Waals surface area contributed by atoms with Crippen LogP contribution in [0.5, 0.6) is 0 Å². The molecule has 0 atom stereocenters. The van der Waals surface area contributed by atoms with Gasteiger partial charge in [0.05, 0.1) is 16.6 Å². The smallest absolute Gasteiger partial charge is 0.257 e. The first-order valence-electron chi connectivity index (χ1n) is 7.76. The zero-order valence-electron chi connectivity index (χ0n) is 13.0. The molecule has 1 aliphatic carbocycles. The molecule has 0 saturated heterocycles. The number of nitrogens with zero attached hydrogens (tertiary/aromatic N) is 4. The van der Waals surface area contributed by atoms with E-state index in [0.717, 1.165) is 24.5 Å². The van der Waals surface area contributed by atoms with Crippen LogP contribution in [0, 0.1) is 5.82 Å². The molecular weight excluding hydrogens is 345 g/mol. The van der Waals surface area contributed by atoms with Crippen LogP contribution in [-0.2, 0) is 0 Å². The summed E-state index contributed by atoms with van der Waals surface area (Å²) in [5.41, 5.74) is 1.59. The van der Waals surface area contributed by atoms with Crippen molar-refractivity contribution < 1.29 is 9.18 Å². The Labute approximate surface area is 147 Å². The number of hydrogen-bond acceptors (Lipinski definition) is 4. The van der Waals surface area contributed by atoms with E-state index >= 15 is 0 Å². The molecule has 6 nitrogen and oxygen atoms in total. The second-order valence-corrected chi connectivity index (χ2v) is 6.24. The van der Waals surface area contributed by atoms with Crippen molar-refractivity contribution in [3.8, 4) is 11.4 Å². The summed E-state index contributed by atoms with van der Waals surface area (Å²) in [6.45, 7) is 0. The molecule has 0 radical (unpaired) electrons. The predicted molar refractivity (Wildman–Crippen MR) is 90.9 cm³/mol. The molecule has 3 aromatic rings. The maximum absolute atomic E-state index is 13.1. The van der Waals surface area contributed by atoms with Gasteiger partial charge in [0.25, 0.3) is 5.91 Å². The highest BCUT2D eigenvalue weighted by Gasteiger charge is 2.28. The fourth-order valence-corrected chi connectivity index (χ4v) is 2.81. The Kier molecular flexibility index (Phi) is 3.93. The summed E-state index contributed by atoms with van der Waals surface area (Å²) >= 11 is 5.93. The molecule has 1 aromatic heterocycles. The van der Waals surface area contributed by atoms with Gasteiger partial charge in [0.2, 0.25) is 0 Å². The van der Waals surface area contributed by atoms with Crippen molar-refractivity contribution in [1.82, 2.24) is 20.2 Å².